The Kier molecular flexibility index (Phi) is 7.17. The standard InChI is InChI=1S/C22H28FN5S2/c1-3-7-20-24-18(14-29-20)15-30-22-26-25-21(16(2)27-12-5-4-6-13-27)28(22)19-10-8-17(23)9-11-19/h8-11,14,16H,3-7,12-13,15H2,1-2H3/t16-/m0/s1. The van der Waals surface area contributed by atoms with E-state index in [4.69, 9.17) is 4.98 Å². The second-order valence-electron chi connectivity index (χ2n) is 7.70. The molecule has 0 saturated carbocycles. The van der Waals surface area contributed by atoms with Crippen molar-refractivity contribution < 1.29 is 4.39 Å². The summed E-state index contributed by atoms with van der Waals surface area (Å²) in [6.07, 6.45) is 5.87. The third kappa shape index (κ3) is 4.92. The van der Waals surface area contributed by atoms with Gasteiger partial charge >= 0.3 is 0 Å². The Labute approximate surface area is 185 Å². The Morgan fingerprint density at radius 3 is 2.63 bits per heavy atom. The van der Waals surface area contributed by atoms with Crippen LogP contribution in [0.15, 0.2) is 34.8 Å². The molecule has 0 aliphatic carbocycles. The highest BCUT2D eigenvalue weighted by Crippen LogP contribution is 2.31. The van der Waals surface area contributed by atoms with Crippen molar-refractivity contribution in [2.24, 2.45) is 0 Å². The minimum Gasteiger partial charge on any atom is -0.294 e. The topological polar surface area (TPSA) is 46.8 Å². The first-order valence-corrected chi connectivity index (χ1v) is 12.5. The van der Waals surface area contributed by atoms with Gasteiger partial charge in [0.2, 0.25) is 0 Å². The Balaban J connectivity index is 1.60. The van der Waals surface area contributed by atoms with Gasteiger partial charge in [0.15, 0.2) is 11.0 Å². The lowest BCUT2D eigenvalue weighted by atomic mass is 10.1. The molecule has 0 spiro atoms. The molecule has 1 fully saturated rings. The summed E-state index contributed by atoms with van der Waals surface area (Å²) in [6, 6.07) is 6.76. The summed E-state index contributed by atoms with van der Waals surface area (Å²) < 4.78 is 15.6. The zero-order valence-electron chi connectivity index (χ0n) is 17.6. The number of likely N-dealkylation sites (tertiary alicyclic amines) is 1. The van der Waals surface area contributed by atoms with Crippen molar-refractivity contribution in [1.82, 2.24) is 24.6 Å². The highest BCUT2D eigenvalue weighted by molar-refractivity contribution is 7.98. The molecule has 0 bridgehead atoms. The van der Waals surface area contributed by atoms with E-state index in [9.17, 15) is 4.39 Å². The molecule has 160 valence electrons. The highest BCUT2D eigenvalue weighted by atomic mass is 32.2. The lowest BCUT2D eigenvalue weighted by Gasteiger charge is -2.31. The van der Waals surface area contributed by atoms with Gasteiger partial charge in [-0.3, -0.25) is 9.47 Å². The van der Waals surface area contributed by atoms with Crippen molar-refractivity contribution in [3.05, 3.63) is 52.0 Å². The Bertz CT molecular complexity index is 947. The smallest absolute Gasteiger partial charge is 0.196 e. The maximum absolute atomic E-state index is 13.6. The minimum atomic E-state index is -0.238. The van der Waals surface area contributed by atoms with Crippen LogP contribution < -0.4 is 0 Å². The average molecular weight is 446 g/mol. The van der Waals surface area contributed by atoms with Crippen LogP contribution in [0.1, 0.15) is 62.1 Å². The largest absolute Gasteiger partial charge is 0.294 e. The quantitative estimate of drug-likeness (QED) is 0.419. The number of piperidine rings is 1. The predicted molar refractivity (Wildman–Crippen MR) is 121 cm³/mol. The number of aromatic nitrogens is 4. The van der Waals surface area contributed by atoms with E-state index in [1.165, 1.54) is 36.4 Å². The van der Waals surface area contributed by atoms with E-state index in [1.807, 2.05) is 0 Å². The second kappa shape index (κ2) is 10.0. The molecule has 8 heteroatoms. The summed E-state index contributed by atoms with van der Waals surface area (Å²) >= 11 is 3.36. The van der Waals surface area contributed by atoms with E-state index in [0.717, 1.165) is 54.0 Å². The van der Waals surface area contributed by atoms with Gasteiger partial charge < -0.3 is 0 Å². The van der Waals surface area contributed by atoms with Gasteiger partial charge in [0, 0.05) is 16.8 Å². The first-order valence-electron chi connectivity index (χ1n) is 10.7. The fourth-order valence-electron chi connectivity index (χ4n) is 3.83. The molecule has 3 heterocycles. The molecule has 1 atom stereocenters. The molecule has 2 aromatic heterocycles. The Morgan fingerprint density at radius 1 is 1.13 bits per heavy atom. The third-order valence-corrected chi connectivity index (χ3v) is 7.39. The van der Waals surface area contributed by atoms with Gasteiger partial charge in [0.05, 0.1) is 16.7 Å². The van der Waals surface area contributed by atoms with Crippen LogP contribution in [0.25, 0.3) is 5.69 Å². The SMILES string of the molecule is CCCc1nc(CSc2nnc([C@H](C)N3CCCCC3)n2-c2ccc(F)cc2)cs1. The normalized spacial score (nSPS) is 16.1. The molecule has 5 nitrogen and oxygen atoms in total. The molecule has 0 radical (unpaired) electrons. The fraction of sp³-hybridized carbons (Fsp3) is 0.500. The summed E-state index contributed by atoms with van der Waals surface area (Å²) in [7, 11) is 0. The van der Waals surface area contributed by atoms with Gasteiger partial charge in [-0.25, -0.2) is 9.37 Å². The second-order valence-corrected chi connectivity index (χ2v) is 9.58. The van der Waals surface area contributed by atoms with Crippen molar-refractivity contribution in [3.63, 3.8) is 0 Å². The van der Waals surface area contributed by atoms with Crippen LogP contribution in [-0.2, 0) is 12.2 Å². The molecule has 0 amide bonds. The number of hydrogen-bond acceptors (Lipinski definition) is 6. The number of thioether (sulfide) groups is 1. The molecule has 3 aromatic rings. The van der Waals surface area contributed by atoms with E-state index < -0.39 is 0 Å². The minimum absolute atomic E-state index is 0.160. The van der Waals surface area contributed by atoms with Crippen LogP contribution in [0, 0.1) is 5.82 Å². The van der Waals surface area contributed by atoms with E-state index >= 15 is 0 Å². The zero-order chi connectivity index (χ0) is 20.9. The molecular weight excluding hydrogens is 417 g/mol. The Morgan fingerprint density at radius 2 is 1.90 bits per heavy atom. The van der Waals surface area contributed by atoms with Crippen molar-refractivity contribution in [1.29, 1.82) is 0 Å². The van der Waals surface area contributed by atoms with Crippen molar-refractivity contribution in [3.8, 4) is 5.69 Å². The molecule has 1 aliphatic heterocycles. The number of halogens is 1. The van der Waals surface area contributed by atoms with E-state index in [-0.39, 0.29) is 11.9 Å². The third-order valence-electron chi connectivity index (χ3n) is 5.47. The molecule has 4 rings (SSSR count). The van der Waals surface area contributed by atoms with Gasteiger partial charge in [-0.1, -0.05) is 25.1 Å². The summed E-state index contributed by atoms with van der Waals surface area (Å²) in [5.41, 5.74) is 1.97. The molecular formula is C22H28FN5S2. The Hall–Kier alpha value is -1.77. The van der Waals surface area contributed by atoms with Crippen molar-refractivity contribution in [2.75, 3.05) is 13.1 Å². The summed E-state index contributed by atoms with van der Waals surface area (Å²) in [5.74, 6) is 1.42. The monoisotopic (exact) mass is 445 g/mol. The summed E-state index contributed by atoms with van der Waals surface area (Å²) in [5, 5.41) is 13.2. The predicted octanol–water partition coefficient (Wildman–Crippen LogP) is 5.65. The van der Waals surface area contributed by atoms with Crippen LogP contribution in [-0.4, -0.2) is 37.7 Å². The summed E-state index contributed by atoms with van der Waals surface area (Å²) in [4.78, 5) is 7.20. The molecule has 0 N–H and O–H groups in total. The van der Waals surface area contributed by atoms with Gasteiger partial charge in [-0.05, 0) is 70.0 Å². The zero-order valence-corrected chi connectivity index (χ0v) is 19.2. The molecule has 0 unspecified atom stereocenters. The van der Waals surface area contributed by atoms with Crippen LogP contribution in [0.4, 0.5) is 4.39 Å². The van der Waals surface area contributed by atoms with Crippen LogP contribution in [0.5, 0.6) is 0 Å². The van der Waals surface area contributed by atoms with Gasteiger partial charge in [-0.2, -0.15) is 0 Å². The van der Waals surface area contributed by atoms with Crippen LogP contribution in [0.3, 0.4) is 0 Å². The number of aryl methyl sites for hydroxylation is 1. The van der Waals surface area contributed by atoms with Gasteiger partial charge in [-0.15, -0.1) is 21.5 Å². The van der Waals surface area contributed by atoms with Crippen molar-refractivity contribution in [2.45, 2.75) is 62.9 Å². The fourth-order valence-corrected chi connectivity index (χ4v) is 5.69. The van der Waals surface area contributed by atoms with Crippen LogP contribution in [0.2, 0.25) is 0 Å². The first kappa shape index (κ1) is 21.5. The van der Waals surface area contributed by atoms with E-state index in [2.05, 4.69) is 38.9 Å². The van der Waals surface area contributed by atoms with Gasteiger partial charge in [0.1, 0.15) is 5.82 Å². The maximum Gasteiger partial charge on any atom is 0.196 e. The lowest BCUT2D eigenvalue weighted by Crippen LogP contribution is -2.33. The number of hydrogen-bond donors (Lipinski definition) is 0. The number of thiazole rings is 1. The first-order chi connectivity index (χ1) is 14.7. The number of rotatable bonds is 8. The maximum atomic E-state index is 13.6. The molecule has 30 heavy (non-hydrogen) atoms. The van der Waals surface area contributed by atoms with Gasteiger partial charge in [0.25, 0.3) is 0 Å². The van der Waals surface area contributed by atoms with E-state index in [1.54, 1.807) is 35.2 Å². The molecule has 1 saturated heterocycles. The average Bonchev–Trinajstić information content (AvgIpc) is 3.40. The molecule has 1 aromatic carbocycles. The number of nitrogens with zero attached hydrogens (tertiary/aromatic N) is 5. The lowest BCUT2D eigenvalue weighted by molar-refractivity contribution is 0.167. The van der Waals surface area contributed by atoms with E-state index in [0.29, 0.717) is 0 Å². The van der Waals surface area contributed by atoms with Crippen molar-refractivity contribution >= 4 is 23.1 Å². The van der Waals surface area contributed by atoms with Crippen LogP contribution >= 0.6 is 23.1 Å². The summed E-state index contributed by atoms with van der Waals surface area (Å²) in [6.45, 7) is 6.53. The number of benzene rings is 1. The molecule has 1 aliphatic rings. The highest BCUT2D eigenvalue weighted by Gasteiger charge is 2.25.